The van der Waals surface area contributed by atoms with E-state index in [1.54, 1.807) is 0 Å². The zero-order valence-corrected chi connectivity index (χ0v) is 11.5. The summed E-state index contributed by atoms with van der Waals surface area (Å²) >= 11 is 0. The molecule has 0 saturated carbocycles. The van der Waals surface area contributed by atoms with Gasteiger partial charge < -0.3 is 15.0 Å². The molecular weight excluding hydrogens is 216 g/mol. The Morgan fingerprint density at radius 1 is 1.53 bits per heavy atom. The van der Waals surface area contributed by atoms with Crippen LogP contribution in [0.15, 0.2) is 11.3 Å². The molecule has 1 aliphatic heterocycles. The van der Waals surface area contributed by atoms with Gasteiger partial charge in [0.2, 0.25) is 0 Å². The molecule has 0 aromatic rings. The molecule has 1 heterocycles. The van der Waals surface area contributed by atoms with Crippen LogP contribution >= 0.6 is 0 Å². The second-order valence-corrected chi connectivity index (χ2v) is 4.75. The number of cyclic esters (lactones) is 1. The minimum absolute atomic E-state index is 0.158. The largest absolute Gasteiger partial charge is 0.460 e. The number of allylic oxidation sites excluding steroid dienone is 1. The summed E-state index contributed by atoms with van der Waals surface area (Å²) in [6.07, 6.45) is 0. The summed E-state index contributed by atoms with van der Waals surface area (Å²) in [7, 11) is 1.92. The number of esters is 1. The van der Waals surface area contributed by atoms with Crippen LogP contribution in [-0.4, -0.2) is 43.7 Å². The second-order valence-electron chi connectivity index (χ2n) is 4.75. The van der Waals surface area contributed by atoms with Crippen LogP contribution in [0.4, 0.5) is 0 Å². The van der Waals surface area contributed by atoms with Gasteiger partial charge in [-0.15, -0.1) is 0 Å². The number of hydrogen-bond acceptors (Lipinski definition) is 4. The van der Waals surface area contributed by atoms with E-state index in [4.69, 9.17) is 4.74 Å². The highest BCUT2D eigenvalue weighted by Crippen LogP contribution is 2.24. The minimum atomic E-state index is -0.158. The van der Waals surface area contributed by atoms with E-state index >= 15 is 0 Å². The highest BCUT2D eigenvalue weighted by atomic mass is 16.5. The molecule has 0 amide bonds. The predicted octanol–water partition coefficient (Wildman–Crippen LogP) is 1.38. The van der Waals surface area contributed by atoms with Gasteiger partial charge in [0.15, 0.2) is 0 Å². The number of carbonyl (C=O) groups is 1. The molecule has 0 spiro atoms. The first-order valence-electron chi connectivity index (χ1n) is 6.32. The molecule has 0 aliphatic carbocycles. The summed E-state index contributed by atoms with van der Waals surface area (Å²) in [5.41, 5.74) is 1.87. The topological polar surface area (TPSA) is 41.6 Å². The van der Waals surface area contributed by atoms with Crippen molar-refractivity contribution >= 4 is 5.97 Å². The molecule has 98 valence electrons. The lowest BCUT2D eigenvalue weighted by Crippen LogP contribution is -2.42. The Kier molecular flexibility index (Phi) is 5.00. The van der Waals surface area contributed by atoms with Crippen molar-refractivity contribution in [2.45, 2.75) is 33.7 Å². The molecule has 1 atom stereocenters. The first kappa shape index (κ1) is 14.0. The molecule has 1 N–H and O–H groups in total. The number of carbonyl (C=O) groups excluding carboxylic acids is 1. The molecular formula is C13H24N2O2. The fourth-order valence-electron chi connectivity index (χ4n) is 2.47. The molecule has 1 rings (SSSR count). The van der Waals surface area contributed by atoms with Crippen LogP contribution in [0.1, 0.15) is 27.7 Å². The van der Waals surface area contributed by atoms with Gasteiger partial charge in [0, 0.05) is 18.8 Å². The summed E-state index contributed by atoms with van der Waals surface area (Å²) in [5, 5.41) is 3.15. The molecule has 0 radical (unpaired) electrons. The fourth-order valence-corrected chi connectivity index (χ4v) is 2.47. The Morgan fingerprint density at radius 3 is 2.65 bits per heavy atom. The fraction of sp³-hybridized carbons (Fsp3) is 0.769. The van der Waals surface area contributed by atoms with Crippen LogP contribution in [0, 0.1) is 5.92 Å². The molecule has 0 aromatic heterocycles. The first-order chi connectivity index (χ1) is 8.02. The third-order valence-electron chi connectivity index (χ3n) is 3.25. The van der Waals surface area contributed by atoms with Gasteiger partial charge in [0.25, 0.3) is 0 Å². The molecule has 1 aliphatic rings. The van der Waals surface area contributed by atoms with Crippen molar-refractivity contribution in [3.05, 3.63) is 11.3 Å². The minimum Gasteiger partial charge on any atom is -0.460 e. The van der Waals surface area contributed by atoms with Crippen molar-refractivity contribution in [3.63, 3.8) is 0 Å². The monoisotopic (exact) mass is 240 g/mol. The quantitative estimate of drug-likeness (QED) is 0.754. The van der Waals surface area contributed by atoms with Gasteiger partial charge in [-0.05, 0) is 26.8 Å². The molecule has 0 aromatic carbocycles. The number of rotatable bonds is 4. The maximum absolute atomic E-state index is 12.0. The summed E-state index contributed by atoms with van der Waals surface area (Å²) in [6.45, 7) is 10.4. The lowest BCUT2D eigenvalue weighted by atomic mass is 10.0. The Bertz CT molecular complexity index is 311. The standard InChI is InChI=1S/C13H24N2O2/c1-6-15-10(4)12(9(2)3)13(16)17-8-11(15)7-14-5/h9,11,14H,6-8H2,1-5H3. The van der Waals surface area contributed by atoms with Gasteiger partial charge in [-0.3, -0.25) is 0 Å². The van der Waals surface area contributed by atoms with Gasteiger partial charge in [-0.1, -0.05) is 13.8 Å². The number of nitrogens with one attached hydrogen (secondary N) is 1. The van der Waals surface area contributed by atoms with Gasteiger partial charge in [0.05, 0.1) is 11.6 Å². The zero-order valence-electron chi connectivity index (χ0n) is 11.5. The van der Waals surface area contributed by atoms with Crippen molar-refractivity contribution in [1.82, 2.24) is 10.2 Å². The summed E-state index contributed by atoms with van der Waals surface area (Å²) in [6, 6.07) is 0.227. The van der Waals surface area contributed by atoms with E-state index in [1.165, 1.54) is 0 Å². The lowest BCUT2D eigenvalue weighted by Gasteiger charge is -2.31. The van der Waals surface area contributed by atoms with E-state index in [1.807, 2.05) is 27.8 Å². The maximum atomic E-state index is 12.0. The van der Waals surface area contributed by atoms with Crippen LogP contribution in [0.25, 0.3) is 0 Å². The van der Waals surface area contributed by atoms with Crippen LogP contribution in [0.3, 0.4) is 0 Å². The molecule has 0 saturated heterocycles. The Labute approximate surface area is 104 Å². The normalized spacial score (nSPS) is 21.9. The molecule has 1 unspecified atom stereocenters. The smallest absolute Gasteiger partial charge is 0.336 e. The Morgan fingerprint density at radius 2 is 2.18 bits per heavy atom. The summed E-state index contributed by atoms with van der Waals surface area (Å²) in [4.78, 5) is 14.2. The van der Waals surface area contributed by atoms with E-state index in [0.717, 1.165) is 24.4 Å². The van der Waals surface area contributed by atoms with E-state index in [-0.39, 0.29) is 17.9 Å². The van der Waals surface area contributed by atoms with Crippen molar-refractivity contribution in [1.29, 1.82) is 0 Å². The SMILES string of the molecule is CCN1C(C)=C(C(C)C)C(=O)OCC1CNC. The average molecular weight is 240 g/mol. The van der Waals surface area contributed by atoms with Gasteiger partial charge >= 0.3 is 5.97 Å². The predicted molar refractivity (Wildman–Crippen MR) is 68.6 cm³/mol. The van der Waals surface area contributed by atoms with Crippen molar-refractivity contribution in [3.8, 4) is 0 Å². The third-order valence-corrected chi connectivity index (χ3v) is 3.25. The van der Waals surface area contributed by atoms with Crippen LogP contribution in [-0.2, 0) is 9.53 Å². The maximum Gasteiger partial charge on any atom is 0.336 e. The summed E-state index contributed by atoms with van der Waals surface area (Å²) < 4.78 is 5.37. The second kappa shape index (κ2) is 6.05. The van der Waals surface area contributed by atoms with Gasteiger partial charge in [-0.2, -0.15) is 0 Å². The summed E-state index contributed by atoms with van der Waals surface area (Å²) in [5.74, 6) is 0.0411. The number of ether oxygens (including phenoxy) is 1. The molecule has 0 bridgehead atoms. The number of likely N-dealkylation sites (N-methyl/N-ethyl adjacent to an activating group) is 2. The van der Waals surface area contributed by atoms with Crippen LogP contribution < -0.4 is 5.32 Å². The van der Waals surface area contributed by atoms with Crippen LogP contribution in [0.5, 0.6) is 0 Å². The van der Waals surface area contributed by atoms with Gasteiger partial charge in [-0.25, -0.2) is 4.79 Å². The molecule has 4 heteroatoms. The Balaban J connectivity index is 3.08. The highest BCUT2D eigenvalue weighted by molar-refractivity contribution is 5.90. The molecule has 17 heavy (non-hydrogen) atoms. The molecule has 0 fully saturated rings. The van der Waals surface area contributed by atoms with E-state index in [0.29, 0.717) is 6.61 Å². The average Bonchev–Trinajstić information content (AvgIpc) is 2.36. The van der Waals surface area contributed by atoms with Crippen molar-refractivity contribution < 1.29 is 9.53 Å². The van der Waals surface area contributed by atoms with Crippen molar-refractivity contribution in [2.24, 2.45) is 5.92 Å². The van der Waals surface area contributed by atoms with Gasteiger partial charge in [0.1, 0.15) is 6.61 Å². The van der Waals surface area contributed by atoms with Crippen molar-refractivity contribution in [2.75, 3.05) is 26.7 Å². The number of nitrogens with zero attached hydrogens (tertiary/aromatic N) is 1. The first-order valence-corrected chi connectivity index (χ1v) is 6.32. The highest BCUT2D eigenvalue weighted by Gasteiger charge is 2.29. The lowest BCUT2D eigenvalue weighted by molar-refractivity contribution is -0.140. The number of hydrogen-bond donors (Lipinski definition) is 1. The Hall–Kier alpha value is -1.03. The van der Waals surface area contributed by atoms with Crippen LogP contribution in [0.2, 0.25) is 0 Å². The van der Waals surface area contributed by atoms with E-state index in [2.05, 4.69) is 17.1 Å². The van der Waals surface area contributed by atoms with E-state index in [9.17, 15) is 4.79 Å². The molecule has 4 nitrogen and oxygen atoms in total. The third kappa shape index (κ3) is 3.00. The van der Waals surface area contributed by atoms with E-state index < -0.39 is 0 Å². The zero-order chi connectivity index (χ0) is 13.0.